The molecule has 54 heavy (non-hydrogen) atoms. The second-order valence-corrected chi connectivity index (χ2v) is 13.2. The summed E-state index contributed by atoms with van der Waals surface area (Å²) in [6.07, 6.45) is -5.41. The third-order valence-corrected chi connectivity index (χ3v) is 8.90. The maximum absolute atomic E-state index is 14.4. The Kier molecular flexibility index (Phi) is 12.3. The molecule has 0 radical (unpaired) electrons. The van der Waals surface area contributed by atoms with Crippen LogP contribution in [0.15, 0.2) is 51.1 Å². The van der Waals surface area contributed by atoms with Gasteiger partial charge in [0.2, 0.25) is 5.88 Å². The number of carbonyl (C=O) groups is 5. The van der Waals surface area contributed by atoms with Crippen molar-refractivity contribution in [1.82, 2.24) is 24.5 Å². The fraction of sp³-hybridized carbons (Fsp3) is 0.457. The predicted molar refractivity (Wildman–Crippen MR) is 186 cm³/mol. The fourth-order valence-corrected chi connectivity index (χ4v) is 6.52. The molecule has 0 bridgehead atoms. The Labute approximate surface area is 316 Å². The van der Waals surface area contributed by atoms with Gasteiger partial charge in [-0.3, -0.25) is 28.5 Å². The lowest BCUT2D eigenvalue weighted by Gasteiger charge is -2.44. The largest absolute Gasteiger partial charge is 0.463 e. The highest BCUT2D eigenvalue weighted by Gasteiger charge is 2.53. The Hall–Kier alpha value is -5.43. The van der Waals surface area contributed by atoms with Crippen LogP contribution in [0.2, 0.25) is 0 Å². The van der Waals surface area contributed by atoms with Gasteiger partial charge in [0.05, 0.1) is 36.4 Å². The van der Waals surface area contributed by atoms with E-state index in [1.54, 1.807) is 45.0 Å². The number of ether oxygens (including phenoxy) is 7. The van der Waals surface area contributed by atoms with E-state index in [0.29, 0.717) is 5.56 Å². The Morgan fingerprint density at radius 1 is 0.870 bits per heavy atom. The minimum absolute atomic E-state index is 0.0355. The Balaban J connectivity index is 1.56. The van der Waals surface area contributed by atoms with Crippen molar-refractivity contribution in [2.75, 3.05) is 13.2 Å². The number of rotatable bonds is 11. The summed E-state index contributed by atoms with van der Waals surface area (Å²) >= 11 is 3.43. The van der Waals surface area contributed by atoms with Crippen molar-refractivity contribution in [3.05, 3.63) is 79.3 Å². The number of hydrogen-bond acceptors (Lipinski definition) is 16. The van der Waals surface area contributed by atoms with E-state index >= 15 is 0 Å². The number of benzene rings is 1. The topological polar surface area (TPSA) is 216 Å². The number of allylic oxidation sites excluding steroid dienone is 1. The van der Waals surface area contributed by atoms with E-state index in [0.717, 1.165) is 32.2 Å². The highest BCUT2D eigenvalue weighted by atomic mass is 79.9. The Bertz CT molecular complexity index is 2040. The lowest BCUT2D eigenvalue weighted by molar-refractivity contribution is -0.270. The molecule has 1 aromatic carbocycles. The number of hydrogen-bond donors (Lipinski definition) is 0. The number of nitrogens with zero attached hydrogens (tertiary/aromatic N) is 5. The second-order valence-electron chi connectivity index (χ2n) is 12.3. The number of carbonyl (C=O) groups excluding carboxylic acids is 5. The van der Waals surface area contributed by atoms with Crippen molar-refractivity contribution >= 4 is 45.8 Å². The summed E-state index contributed by atoms with van der Waals surface area (Å²) in [5, 5.41) is 8.39. The summed E-state index contributed by atoms with van der Waals surface area (Å²) < 4.78 is 42.4. The molecule has 2 aromatic heterocycles. The zero-order valence-corrected chi connectivity index (χ0v) is 32.0. The van der Waals surface area contributed by atoms with Crippen molar-refractivity contribution in [2.45, 2.75) is 91.6 Å². The van der Waals surface area contributed by atoms with Gasteiger partial charge in [-0.05, 0) is 38.5 Å². The van der Waals surface area contributed by atoms with Crippen molar-refractivity contribution in [1.29, 1.82) is 0 Å². The van der Waals surface area contributed by atoms with Crippen molar-refractivity contribution < 1.29 is 57.1 Å². The van der Waals surface area contributed by atoms with Crippen LogP contribution in [0, 0.1) is 6.92 Å². The molecule has 288 valence electrons. The van der Waals surface area contributed by atoms with Gasteiger partial charge in [-0.2, -0.15) is 4.98 Å². The molecule has 6 atom stereocenters. The highest BCUT2D eigenvalue weighted by molar-refractivity contribution is 9.10. The summed E-state index contributed by atoms with van der Waals surface area (Å²) in [4.78, 5) is 80.7. The van der Waals surface area contributed by atoms with E-state index < -0.39 is 78.6 Å². The van der Waals surface area contributed by atoms with Gasteiger partial charge in [0.25, 0.3) is 5.56 Å². The van der Waals surface area contributed by atoms with Gasteiger partial charge in [0.1, 0.15) is 30.0 Å². The van der Waals surface area contributed by atoms with Gasteiger partial charge in [-0.25, -0.2) is 9.48 Å². The zero-order valence-electron chi connectivity index (χ0n) is 30.4. The highest BCUT2D eigenvalue weighted by Crippen LogP contribution is 2.41. The lowest BCUT2D eigenvalue weighted by atomic mass is 9.83. The van der Waals surface area contributed by atoms with Gasteiger partial charge >= 0.3 is 29.8 Å². The summed E-state index contributed by atoms with van der Waals surface area (Å²) in [5.41, 5.74) is 0.554. The van der Waals surface area contributed by atoms with Crippen LogP contribution < -0.4 is 10.3 Å². The van der Waals surface area contributed by atoms with E-state index in [1.165, 1.54) is 15.4 Å². The maximum Gasteiger partial charge on any atom is 0.338 e. The average molecular weight is 817 g/mol. The van der Waals surface area contributed by atoms with Crippen molar-refractivity contribution in [3.63, 3.8) is 0 Å². The molecule has 18 nitrogen and oxygen atoms in total. The molecule has 1 saturated heterocycles. The van der Waals surface area contributed by atoms with Gasteiger partial charge in [0, 0.05) is 32.2 Å². The van der Waals surface area contributed by atoms with Gasteiger partial charge in [-0.1, -0.05) is 33.3 Å². The monoisotopic (exact) mass is 815 g/mol. The third-order valence-electron chi connectivity index (χ3n) is 8.37. The fourth-order valence-electron chi connectivity index (χ4n) is 6.26. The summed E-state index contributed by atoms with van der Waals surface area (Å²) in [7, 11) is 0. The average Bonchev–Trinajstić information content (AvgIpc) is 3.55. The Morgan fingerprint density at radius 2 is 1.50 bits per heavy atom. The van der Waals surface area contributed by atoms with E-state index in [4.69, 9.17) is 33.2 Å². The summed E-state index contributed by atoms with van der Waals surface area (Å²) in [5.74, 6) is -4.03. The predicted octanol–water partition coefficient (Wildman–Crippen LogP) is 2.57. The molecule has 1 fully saturated rings. The minimum Gasteiger partial charge on any atom is -0.463 e. The number of aromatic nitrogens is 5. The van der Waals surface area contributed by atoms with Crippen LogP contribution in [0.1, 0.15) is 76.3 Å². The standard InChI is InChI=1S/C35H38BrN5O13/c1-8-48-35(47)26-16(2)50-32-28(27(26)22-9-11-23(36)12-10-22)33(46)40(17(3)37-32)13-24-14-41(39-38-24)34-31(53-21(7)45)30(52-20(6)44)29(51-19(5)43)25(54-34)15-49-18(4)42/h9-12,14,25,27,29-31,34H,8,13,15H2,1-7H3/t25-,27?,29-,30+,31-,34-/m1/s1. The van der Waals surface area contributed by atoms with Crippen LogP contribution in [0.25, 0.3) is 0 Å². The first-order chi connectivity index (χ1) is 25.6. The number of aryl methyl sites for hydroxylation is 1. The summed E-state index contributed by atoms with van der Waals surface area (Å²) in [6, 6.07) is 7.13. The normalized spacial score (nSPS) is 22.0. The van der Waals surface area contributed by atoms with Crippen LogP contribution in [-0.2, 0) is 58.9 Å². The van der Waals surface area contributed by atoms with Crippen molar-refractivity contribution in [2.24, 2.45) is 0 Å². The zero-order chi connectivity index (χ0) is 39.4. The molecule has 2 aliphatic heterocycles. The smallest absolute Gasteiger partial charge is 0.338 e. The molecular weight excluding hydrogens is 778 g/mol. The summed E-state index contributed by atoms with van der Waals surface area (Å²) in [6.45, 7) is 8.88. The molecule has 4 heterocycles. The molecule has 3 aromatic rings. The van der Waals surface area contributed by atoms with Gasteiger partial charge in [-0.15, -0.1) is 5.10 Å². The van der Waals surface area contributed by atoms with Gasteiger partial charge in [0.15, 0.2) is 24.5 Å². The molecule has 0 saturated carbocycles. The first-order valence-electron chi connectivity index (χ1n) is 16.7. The molecule has 5 rings (SSSR count). The Morgan fingerprint density at radius 3 is 2.11 bits per heavy atom. The minimum atomic E-state index is -1.44. The van der Waals surface area contributed by atoms with E-state index in [2.05, 4.69) is 31.2 Å². The maximum atomic E-state index is 14.4. The molecule has 1 unspecified atom stereocenters. The quantitative estimate of drug-likeness (QED) is 0.201. The molecular formula is C35H38BrN5O13. The van der Waals surface area contributed by atoms with E-state index in [9.17, 15) is 28.8 Å². The number of halogens is 1. The molecule has 0 aliphatic carbocycles. The van der Waals surface area contributed by atoms with E-state index in [-0.39, 0.29) is 47.4 Å². The first-order valence-corrected chi connectivity index (χ1v) is 17.5. The van der Waals surface area contributed by atoms with Crippen LogP contribution in [0.5, 0.6) is 5.88 Å². The van der Waals surface area contributed by atoms with Gasteiger partial charge < -0.3 is 33.2 Å². The molecule has 0 spiro atoms. The van der Waals surface area contributed by atoms with Crippen LogP contribution in [0.3, 0.4) is 0 Å². The van der Waals surface area contributed by atoms with E-state index in [1.807, 2.05) is 0 Å². The van der Waals surface area contributed by atoms with Crippen LogP contribution >= 0.6 is 15.9 Å². The van der Waals surface area contributed by atoms with Crippen LogP contribution in [-0.4, -0.2) is 92.0 Å². The molecule has 2 aliphatic rings. The first kappa shape index (κ1) is 39.8. The van der Waals surface area contributed by atoms with Crippen molar-refractivity contribution in [3.8, 4) is 5.88 Å². The third kappa shape index (κ3) is 8.68. The number of fused-ring (bicyclic) bond motifs is 1. The lowest BCUT2D eigenvalue weighted by Crippen LogP contribution is -2.60. The van der Waals surface area contributed by atoms with Crippen LogP contribution in [0.4, 0.5) is 0 Å². The molecule has 0 amide bonds. The number of esters is 5. The second kappa shape index (κ2) is 16.7. The molecule has 0 N–H and O–H groups in total. The SMILES string of the molecule is CCOC(=O)C1=C(C)Oc2nc(C)n(Cc3cn([C@@H]4O[C@H](COC(C)=O)[C@@H](OC(C)=O)[C@H](OC(C)=O)[C@H]4OC(C)=O)nn3)c(=O)c2C1c1ccc(Br)cc1. The molecule has 19 heteroatoms.